The maximum Gasteiger partial charge on any atom is 0.242 e. The summed E-state index contributed by atoms with van der Waals surface area (Å²) in [5.74, 6) is -0.113. The van der Waals surface area contributed by atoms with Crippen LogP contribution in [0.25, 0.3) is 0 Å². The molecule has 1 N–H and O–H groups in total. The second-order valence-electron chi connectivity index (χ2n) is 6.96. The van der Waals surface area contributed by atoms with Crippen LogP contribution in [0.15, 0.2) is 54.6 Å². The van der Waals surface area contributed by atoms with Crippen molar-refractivity contribution in [3.05, 3.63) is 71.3 Å². The van der Waals surface area contributed by atoms with Crippen molar-refractivity contribution >= 4 is 11.8 Å². The highest BCUT2D eigenvalue weighted by Crippen LogP contribution is 2.11. The van der Waals surface area contributed by atoms with Crippen LogP contribution in [0.1, 0.15) is 37.0 Å². The topological polar surface area (TPSA) is 49.4 Å². The molecule has 1 atom stereocenters. The lowest BCUT2D eigenvalue weighted by molar-refractivity contribution is -0.139. The van der Waals surface area contributed by atoms with Gasteiger partial charge in [0.25, 0.3) is 0 Å². The van der Waals surface area contributed by atoms with Crippen LogP contribution in [0.4, 0.5) is 0 Å². The SMILES string of the molecule is CCCNC(=O)[C@H](C)N(CCc1ccccc1)C(=O)Cc1cccc(C)c1. The van der Waals surface area contributed by atoms with Gasteiger partial charge in [0.05, 0.1) is 6.42 Å². The van der Waals surface area contributed by atoms with Crippen LogP contribution < -0.4 is 5.32 Å². The first-order valence-corrected chi connectivity index (χ1v) is 9.68. The van der Waals surface area contributed by atoms with E-state index < -0.39 is 6.04 Å². The van der Waals surface area contributed by atoms with E-state index in [1.54, 1.807) is 4.90 Å². The van der Waals surface area contributed by atoms with Crippen LogP contribution >= 0.6 is 0 Å². The molecule has 0 bridgehead atoms. The van der Waals surface area contributed by atoms with E-state index in [-0.39, 0.29) is 11.8 Å². The molecule has 2 amide bonds. The molecule has 0 aromatic heterocycles. The van der Waals surface area contributed by atoms with Crippen molar-refractivity contribution in [2.75, 3.05) is 13.1 Å². The molecule has 0 saturated carbocycles. The smallest absolute Gasteiger partial charge is 0.242 e. The van der Waals surface area contributed by atoms with Crippen LogP contribution in [0.5, 0.6) is 0 Å². The van der Waals surface area contributed by atoms with Crippen LogP contribution in [0.3, 0.4) is 0 Å². The first-order chi connectivity index (χ1) is 13.0. The van der Waals surface area contributed by atoms with Crippen LogP contribution in [-0.4, -0.2) is 35.8 Å². The number of rotatable bonds is 9. The Morgan fingerprint density at radius 1 is 1.04 bits per heavy atom. The molecule has 0 fully saturated rings. The summed E-state index contributed by atoms with van der Waals surface area (Å²) in [7, 11) is 0. The largest absolute Gasteiger partial charge is 0.354 e. The van der Waals surface area contributed by atoms with Gasteiger partial charge in [0.1, 0.15) is 6.04 Å². The number of amides is 2. The molecule has 2 aromatic carbocycles. The molecule has 144 valence electrons. The minimum absolute atomic E-state index is 0.0179. The molecule has 2 rings (SSSR count). The predicted molar refractivity (Wildman–Crippen MR) is 110 cm³/mol. The van der Waals surface area contributed by atoms with Crippen molar-refractivity contribution in [3.63, 3.8) is 0 Å². The number of hydrogen-bond donors (Lipinski definition) is 1. The van der Waals surface area contributed by atoms with Gasteiger partial charge in [-0.2, -0.15) is 0 Å². The lowest BCUT2D eigenvalue weighted by atomic mass is 10.1. The van der Waals surface area contributed by atoms with Crippen LogP contribution in [-0.2, 0) is 22.4 Å². The summed E-state index contributed by atoms with van der Waals surface area (Å²) in [5.41, 5.74) is 3.27. The summed E-state index contributed by atoms with van der Waals surface area (Å²) >= 11 is 0. The Kier molecular flexibility index (Phi) is 8.05. The predicted octanol–water partition coefficient (Wildman–Crippen LogP) is 3.52. The number of hydrogen-bond acceptors (Lipinski definition) is 2. The number of aryl methyl sites for hydroxylation is 1. The highest BCUT2D eigenvalue weighted by molar-refractivity contribution is 5.88. The molecule has 0 unspecified atom stereocenters. The fourth-order valence-electron chi connectivity index (χ4n) is 3.06. The molecule has 2 aromatic rings. The second kappa shape index (κ2) is 10.5. The van der Waals surface area contributed by atoms with Crippen molar-refractivity contribution in [2.45, 2.75) is 46.1 Å². The van der Waals surface area contributed by atoms with Gasteiger partial charge < -0.3 is 10.2 Å². The van der Waals surface area contributed by atoms with E-state index in [1.807, 2.05) is 75.4 Å². The Labute approximate surface area is 162 Å². The quantitative estimate of drug-likeness (QED) is 0.738. The summed E-state index contributed by atoms with van der Waals surface area (Å²) in [6, 6.07) is 17.5. The van der Waals surface area contributed by atoms with Gasteiger partial charge in [-0.3, -0.25) is 9.59 Å². The first-order valence-electron chi connectivity index (χ1n) is 9.68. The zero-order chi connectivity index (χ0) is 19.6. The van der Waals surface area contributed by atoms with Crippen molar-refractivity contribution in [3.8, 4) is 0 Å². The van der Waals surface area contributed by atoms with E-state index in [1.165, 1.54) is 0 Å². The van der Waals surface area contributed by atoms with Gasteiger partial charge in [-0.25, -0.2) is 0 Å². The van der Waals surface area contributed by atoms with Gasteiger partial charge >= 0.3 is 0 Å². The van der Waals surface area contributed by atoms with Gasteiger partial charge in [-0.05, 0) is 37.8 Å². The summed E-state index contributed by atoms with van der Waals surface area (Å²) in [4.78, 5) is 27.2. The third kappa shape index (κ3) is 6.55. The fraction of sp³-hybridized carbons (Fsp3) is 0.391. The lowest BCUT2D eigenvalue weighted by Crippen LogP contribution is -2.49. The zero-order valence-corrected chi connectivity index (χ0v) is 16.6. The van der Waals surface area contributed by atoms with Gasteiger partial charge in [-0.1, -0.05) is 67.1 Å². The first kappa shape index (κ1) is 20.7. The molecule has 4 heteroatoms. The van der Waals surface area contributed by atoms with Crippen molar-refractivity contribution in [1.29, 1.82) is 0 Å². The lowest BCUT2D eigenvalue weighted by Gasteiger charge is -2.29. The summed E-state index contributed by atoms with van der Waals surface area (Å²) in [6.45, 7) is 6.99. The molecule has 27 heavy (non-hydrogen) atoms. The van der Waals surface area contributed by atoms with Crippen molar-refractivity contribution in [1.82, 2.24) is 10.2 Å². The standard InChI is InChI=1S/C23H30N2O2/c1-4-14-24-23(27)19(3)25(15-13-20-10-6-5-7-11-20)22(26)17-21-12-8-9-18(2)16-21/h5-12,16,19H,4,13-15,17H2,1-3H3,(H,24,27)/t19-/m0/s1. The average molecular weight is 367 g/mol. The third-order valence-electron chi connectivity index (χ3n) is 4.64. The van der Waals surface area contributed by atoms with E-state index in [0.29, 0.717) is 19.5 Å². The molecule has 0 aliphatic rings. The minimum atomic E-state index is -0.488. The fourth-order valence-corrected chi connectivity index (χ4v) is 3.06. The molecule has 0 aliphatic carbocycles. The number of carbonyl (C=O) groups is 2. The maximum atomic E-state index is 13.0. The average Bonchev–Trinajstić information content (AvgIpc) is 2.67. The summed E-state index contributed by atoms with van der Waals surface area (Å²) in [6.07, 6.45) is 1.91. The van der Waals surface area contributed by atoms with Crippen LogP contribution in [0.2, 0.25) is 0 Å². The molecular weight excluding hydrogens is 336 g/mol. The Bertz CT molecular complexity index is 743. The number of benzene rings is 2. The maximum absolute atomic E-state index is 13.0. The highest BCUT2D eigenvalue weighted by Gasteiger charge is 2.25. The van der Waals surface area contributed by atoms with Gasteiger partial charge in [0.15, 0.2) is 0 Å². The van der Waals surface area contributed by atoms with Crippen molar-refractivity contribution < 1.29 is 9.59 Å². The highest BCUT2D eigenvalue weighted by atomic mass is 16.2. The third-order valence-corrected chi connectivity index (χ3v) is 4.64. The van der Waals surface area contributed by atoms with Gasteiger partial charge in [-0.15, -0.1) is 0 Å². The van der Waals surface area contributed by atoms with E-state index in [2.05, 4.69) is 5.32 Å². The normalized spacial score (nSPS) is 11.7. The summed E-state index contributed by atoms with van der Waals surface area (Å²) in [5, 5.41) is 2.91. The summed E-state index contributed by atoms with van der Waals surface area (Å²) < 4.78 is 0. The molecular formula is C23H30N2O2. The van der Waals surface area contributed by atoms with E-state index in [4.69, 9.17) is 0 Å². The van der Waals surface area contributed by atoms with E-state index in [0.717, 1.165) is 29.5 Å². The molecule has 0 saturated heterocycles. The minimum Gasteiger partial charge on any atom is -0.354 e. The molecule has 4 nitrogen and oxygen atoms in total. The number of nitrogens with one attached hydrogen (secondary N) is 1. The molecule has 0 heterocycles. The second-order valence-corrected chi connectivity index (χ2v) is 6.96. The Morgan fingerprint density at radius 2 is 1.74 bits per heavy atom. The number of carbonyl (C=O) groups excluding carboxylic acids is 2. The Balaban J connectivity index is 2.11. The number of nitrogens with zero attached hydrogens (tertiary/aromatic N) is 1. The Morgan fingerprint density at radius 3 is 2.41 bits per heavy atom. The van der Waals surface area contributed by atoms with Gasteiger partial charge in [0.2, 0.25) is 11.8 Å². The molecule has 0 aliphatic heterocycles. The monoisotopic (exact) mass is 366 g/mol. The van der Waals surface area contributed by atoms with Crippen LogP contribution in [0, 0.1) is 6.92 Å². The van der Waals surface area contributed by atoms with Gasteiger partial charge in [0, 0.05) is 13.1 Å². The van der Waals surface area contributed by atoms with E-state index >= 15 is 0 Å². The van der Waals surface area contributed by atoms with E-state index in [9.17, 15) is 9.59 Å². The Hall–Kier alpha value is -2.62. The van der Waals surface area contributed by atoms with Crippen molar-refractivity contribution in [2.24, 2.45) is 0 Å². The zero-order valence-electron chi connectivity index (χ0n) is 16.6. The molecule has 0 spiro atoms. The molecule has 0 radical (unpaired) electrons.